The van der Waals surface area contributed by atoms with E-state index in [2.05, 4.69) is 25.2 Å². The third-order valence-corrected chi connectivity index (χ3v) is 4.11. The van der Waals surface area contributed by atoms with Crippen LogP contribution in [0, 0.1) is 0 Å². The topological polar surface area (TPSA) is 117 Å². The summed E-state index contributed by atoms with van der Waals surface area (Å²) in [5.41, 5.74) is 0. The molecule has 0 saturated heterocycles. The highest BCUT2D eigenvalue weighted by Crippen LogP contribution is 2.07. The van der Waals surface area contributed by atoms with E-state index in [0.717, 1.165) is 0 Å². The van der Waals surface area contributed by atoms with Gasteiger partial charge in [-0.15, -0.1) is 0 Å². The number of carbonyl (C=O) groups excluding carboxylic acids is 1. The largest absolute Gasteiger partial charge is 0.345 e. The van der Waals surface area contributed by atoms with E-state index in [-0.39, 0.29) is 17.5 Å². The van der Waals surface area contributed by atoms with E-state index in [1.165, 1.54) is 18.5 Å². The van der Waals surface area contributed by atoms with Crippen molar-refractivity contribution < 1.29 is 13.2 Å². The first-order valence-electron chi connectivity index (χ1n) is 6.18. The molecule has 1 atom stereocenters. The first-order chi connectivity index (χ1) is 9.99. The number of aromatic nitrogens is 3. The Morgan fingerprint density at radius 3 is 2.67 bits per heavy atom. The predicted octanol–water partition coefficient (Wildman–Crippen LogP) is -0.0396. The van der Waals surface area contributed by atoms with Crippen molar-refractivity contribution in [3.63, 3.8) is 0 Å². The normalized spacial score (nSPS) is 12.8. The fraction of sp³-hybridized carbons (Fsp3) is 0.250. The molecule has 1 aromatic carbocycles. The van der Waals surface area contributed by atoms with Gasteiger partial charge in [-0.05, 0) is 19.1 Å². The Labute approximate surface area is 122 Å². The van der Waals surface area contributed by atoms with E-state index >= 15 is 0 Å². The Morgan fingerprint density at radius 1 is 1.33 bits per heavy atom. The van der Waals surface area contributed by atoms with Crippen molar-refractivity contribution in [1.29, 1.82) is 0 Å². The number of nitrogens with zero attached hydrogens (tertiary/aromatic N) is 2. The molecule has 21 heavy (non-hydrogen) atoms. The van der Waals surface area contributed by atoms with E-state index in [0.29, 0.717) is 5.82 Å². The zero-order chi connectivity index (χ0) is 15.3. The predicted molar refractivity (Wildman–Crippen MR) is 74.6 cm³/mol. The van der Waals surface area contributed by atoms with Crippen molar-refractivity contribution >= 4 is 15.9 Å². The van der Waals surface area contributed by atoms with Crippen LogP contribution in [-0.2, 0) is 14.8 Å². The quantitative estimate of drug-likeness (QED) is 0.692. The number of rotatable bonds is 6. The number of nitrogens with one attached hydrogen (secondary N) is 3. The summed E-state index contributed by atoms with van der Waals surface area (Å²) < 4.78 is 26.1. The van der Waals surface area contributed by atoms with Gasteiger partial charge in [0.25, 0.3) is 0 Å². The van der Waals surface area contributed by atoms with Gasteiger partial charge in [0.2, 0.25) is 15.9 Å². The second-order valence-corrected chi connectivity index (χ2v) is 6.06. The minimum absolute atomic E-state index is 0.112. The van der Waals surface area contributed by atoms with Gasteiger partial charge in [-0.25, -0.2) is 18.1 Å². The maximum atomic E-state index is 11.9. The van der Waals surface area contributed by atoms with Crippen LogP contribution in [0.25, 0.3) is 0 Å². The van der Waals surface area contributed by atoms with Crippen molar-refractivity contribution in [2.24, 2.45) is 0 Å². The summed E-state index contributed by atoms with van der Waals surface area (Å²) in [6, 6.07) is 7.46. The molecule has 0 spiro atoms. The summed E-state index contributed by atoms with van der Waals surface area (Å²) in [6.45, 7) is 1.36. The van der Waals surface area contributed by atoms with Gasteiger partial charge >= 0.3 is 0 Å². The molecule has 112 valence electrons. The highest BCUT2D eigenvalue weighted by molar-refractivity contribution is 7.89. The lowest BCUT2D eigenvalue weighted by atomic mass is 10.3. The number of H-pyrrole nitrogens is 1. The Morgan fingerprint density at radius 2 is 2.05 bits per heavy atom. The minimum Gasteiger partial charge on any atom is -0.345 e. The van der Waals surface area contributed by atoms with Gasteiger partial charge in [-0.2, -0.15) is 5.10 Å². The molecular weight excluding hydrogens is 294 g/mol. The zero-order valence-electron chi connectivity index (χ0n) is 11.3. The molecule has 0 saturated carbocycles. The van der Waals surface area contributed by atoms with Crippen LogP contribution in [0.3, 0.4) is 0 Å². The van der Waals surface area contributed by atoms with E-state index in [9.17, 15) is 13.2 Å². The van der Waals surface area contributed by atoms with Crippen molar-refractivity contribution in [1.82, 2.24) is 25.2 Å². The second-order valence-electron chi connectivity index (χ2n) is 4.30. The smallest absolute Gasteiger partial charge is 0.241 e. The average Bonchev–Trinajstić information content (AvgIpc) is 3.00. The molecule has 1 unspecified atom stereocenters. The summed E-state index contributed by atoms with van der Waals surface area (Å²) in [5, 5.41) is 8.91. The van der Waals surface area contributed by atoms with Gasteiger partial charge in [-0.3, -0.25) is 9.89 Å². The van der Waals surface area contributed by atoms with E-state index in [4.69, 9.17) is 0 Å². The standard InChI is InChI=1S/C12H15N5O3S/c1-9(12-13-8-14-17-12)16-11(18)7-15-21(19,20)10-5-3-2-4-6-10/h2-6,8-9,15H,7H2,1H3,(H,16,18)(H,13,14,17). The molecular formula is C12H15N5O3S. The number of aromatic amines is 1. The van der Waals surface area contributed by atoms with Crippen LogP contribution >= 0.6 is 0 Å². The molecule has 2 rings (SSSR count). The molecule has 0 fully saturated rings. The van der Waals surface area contributed by atoms with Crippen LogP contribution < -0.4 is 10.0 Å². The fourth-order valence-corrected chi connectivity index (χ4v) is 2.63. The maximum Gasteiger partial charge on any atom is 0.241 e. The monoisotopic (exact) mass is 309 g/mol. The average molecular weight is 309 g/mol. The molecule has 1 heterocycles. The fourth-order valence-electron chi connectivity index (χ4n) is 1.63. The van der Waals surface area contributed by atoms with E-state index in [1.807, 2.05) is 0 Å². The number of hydrogen-bond acceptors (Lipinski definition) is 5. The minimum atomic E-state index is -3.69. The number of carbonyl (C=O) groups is 1. The van der Waals surface area contributed by atoms with Gasteiger partial charge in [-0.1, -0.05) is 18.2 Å². The molecule has 1 amide bonds. The molecule has 0 aliphatic heterocycles. The maximum absolute atomic E-state index is 11.9. The van der Waals surface area contributed by atoms with Crippen LogP contribution in [0.1, 0.15) is 18.8 Å². The highest BCUT2D eigenvalue weighted by atomic mass is 32.2. The molecule has 3 N–H and O–H groups in total. The van der Waals surface area contributed by atoms with Crippen molar-refractivity contribution in [2.45, 2.75) is 17.9 Å². The summed E-state index contributed by atoms with van der Waals surface area (Å²) in [4.78, 5) is 15.7. The SMILES string of the molecule is CC(NC(=O)CNS(=O)(=O)c1ccccc1)c1ncn[nH]1. The number of benzene rings is 1. The van der Waals surface area contributed by atoms with Gasteiger partial charge in [0.05, 0.1) is 17.5 Å². The van der Waals surface area contributed by atoms with Crippen molar-refractivity contribution in [2.75, 3.05) is 6.54 Å². The van der Waals surface area contributed by atoms with Crippen LogP contribution in [0.2, 0.25) is 0 Å². The lowest BCUT2D eigenvalue weighted by molar-refractivity contribution is -0.120. The Hall–Kier alpha value is -2.26. The second kappa shape index (κ2) is 6.46. The number of hydrogen-bond donors (Lipinski definition) is 3. The molecule has 0 radical (unpaired) electrons. The van der Waals surface area contributed by atoms with E-state index in [1.54, 1.807) is 25.1 Å². The lowest BCUT2D eigenvalue weighted by Gasteiger charge is -2.11. The molecule has 1 aromatic heterocycles. The highest BCUT2D eigenvalue weighted by Gasteiger charge is 2.17. The summed E-state index contributed by atoms with van der Waals surface area (Å²) in [6.07, 6.45) is 1.33. The van der Waals surface area contributed by atoms with Crippen LogP contribution in [0.5, 0.6) is 0 Å². The molecule has 0 bridgehead atoms. The molecule has 9 heteroatoms. The molecule has 2 aromatic rings. The molecule has 0 aliphatic carbocycles. The van der Waals surface area contributed by atoms with Crippen LogP contribution in [-0.4, -0.2) is 36.1 Å². The first kappa shape index (κ1) is 15.1. The van der Waals surface area contributed by atoms with Gasteiger partial charge in [0.15, 0.2) is 0 Å². The number of amides is 1. The van der Waals surface area contributed by atoms with Crippen LogP contribution in [0.15, 0.2) is 41.6 Å². The lowest BCUT2D eigenvalue weighted by Crippen LogP contribution is -2.38. The Kier molecular flexibility index (Phi) is 4.66. The summed E-state index contributed by atoms with van der Waals surface area (Å²) in [7, 11) is -3.69. The van der Waals surface area contributed by atoms with Crippen LogP contribution in [0.4, 0.5) is 0 Å². The molecule has 8 nitrogen and oxygen atoms in total. The first-order valence-corrected chi connectivity index (χ1v) is 7.66. The third kappa shape index (κ3) is 4.10. The third-order valence-electron chi connectivity index (χ3n) is 2.70. The number of sulfonamides is 1. The summed E-state index contributed by atoms with van der Waals surface area (Å²) >= 11 is 0. The van der Waals surface area contributed by atoms with Crippen molar-refractivity contribution in [3.8, 4) is 0 Å². The molecule has 0 aliphatic rings. The van der Waals surface area contributed by atoms with Gasteiger partial charge in [0.1, 0.15) is 12.2 Å². The van der Waals surface area contributed by atoms with E-state index < -0.39 is 15.9 Å². The Bertz CT molecular complexity index is 685. The van der Waals surface area contributed by atoms with Gasteiger partial charge in [0, 0.05) is 0 Å². The van der Waals surface area contributed by atoms with Crippen molar-refractivity contribution in [3.05, 3.63) is 42.5 Å². The zero-order valence-corrected chi connectivity index (χ0v) is 12.1. The Balaban J connectivity index is 1.89. The van der Waals surface area contributed by atoms with Gasteiger partial charge < -0.3 is 5.32 Å². The summed E-state index contributed by atoms with van der Waals surface area (Å²) in [5.74, 6) is 0.0349.